The molecule has 1 atom stereocenters. The van der Waals surface area contributed by atoms with Crippen LogP contribution in [-0.4, -0.2) is 51.1 Å². The molecular formula is C18H18FN5O3S2. The highest BCUT2D eigenvalue weighted by Gasteiger charge is 2.46. The van der Waals surface area contributed by atoms with Gasteiger partial charge in [-0.2, -0.15) is 13.1 Å². The molecule has 0 saturated carbocycles. The predicted octanol–water partition coefficient (Wildman–Crippen LogP) is 1.90. The Morgan fingerprint density at radius 2 is 2.03 bits per heavy atom. The first kappa shape index (κ1) is 19.8. The number of sulfonamides is 1. The second-order valence-electron chi connectivity index (χ2n) is 6.83. The van der Waals surface area contributed by atoms with Crippen LogP contribution in [0.5, 0.6) is 0 Å². The average molecular weight is 436 g/mol. The number of rotatable bonds is 5. The lowest BCUT2D eigenvalue weighted by Gasteiger charge is -2.35. The van der Waals surface area contributed by atoms with Crippen molar-refractivity contribution in [3.8, 4) is 0 Å². The highest BCUT2D eigenvalue weighted by Crippen LogP contribution is 2.31. The highest BCUT2D eigenvalue weighted by molar-refractivity contribution is 7.89. The van der Waals surface area contributed by atoms with E-state index in [1.54, 1.807) is 36.7 Å². The summed E-state index contributed by atoms with van der Waals surface area (Å²) in [6, 6.07) is 8.10. The van der Waals surface area contributed by atoms with Gasteiger partial charge in [-0.15, -0.1) is 0 Å². The largest absolute Gasteiger partial charge is 0.349 e. The Labute approximate surface area is 171 Å². The van der Waals surface area contributed by atoms with Crippen LogP contribution in [-0.2, 0) is 21.4 Å². The number of benzene rings is 1. The zero-order valence-corrected chi connectivity index (χ0v) is 16.9. The van der Waals surface area contributed by atoms with Crippen molar-refractivity contribution in [2.75, 3.05) is 13.1 Å². The molecule has 1 N–H and O–H groups in total. The first-order chi connectivity index (χ1) is 13.9. The van der Waals surface area contributed by atoms with E-state index >= 15 is 4.39 Å². The lowest BCUT2D eigenvalue weighted by Crippen LogP contribution is -2.55. The average Bonchev–Trinajstić information content (AvgIpc) is 3.21. The standard InChI is InChI=1S/C18H18FN5O3S2/c19-18(17(25)21-11-13-5-8-20-9-6-13)7-2-10-24(12-18)29(26,27)15-4-1-3-14-16(15)23-28-22-14/h1,3-6,8-9H,2,7,10-12H2,(H,21,25). The number of pyridine rings is 1. The number of aromatic nitrogens is 3. The van der Waals surface area contributed by atoms with E-state index in [0.29, 0.717) is 5.52 Å². The Morgan fingerprint density at radius 1 is 1.24 bits per heavy atom. The Kier molecular flexibility index (Phi) is 5.28. The zero-order valence-electron chi connectivity index (χ0n) is 15.3. The summed E-state index contributed by atoms with van der Waals surface area (Å²) in [5.74, 6) is -0.817. The minimum atomic E-state index is -4.02. The van der Waals surface area contributed by atoms with Gasteiger partial charge in [-0.1, -0.05) is 6.07 Å². The van der Waals surface area contributed by atoms with Crippen LogP contribution in [0.15, 0.2) is 47.6 Å². The molecule has 1 fully saturated rings. The molecule has 8 nitrogen and oxygen atoms in total. The quantitative estimate of drug-likeness (QED) is 0.656. The lowest BCUT2D eigenvalue weighted by atomic mass is 9.95. The number of alkyl halides is 1. The monoisotopic (exact) mass is 435 g/mol. The van der Waals surface area contributed by atoms with Crippen molar-refractivity contribution in [3.63, 3.8) is 0 Å². The van der Waals surface area contributed by atoms with Gasteiger partial charge in [0, 0.05) is 25.5 Å². The molecule has 2 aromatic heterocycles. The van der Waals surface area contributed by atoms with E-state index in [9.17, 15) is 13.2 Å². The smallest absolute Gasteiger partial charge is 0.259 e. The second kappa shape index (κ2) is 7.73. The minimum Gasteiger partial charge on any atom is -0.349 e. The molecule has 1 amide bonds. The van der Waals surface area contributed by atoms with Crippen LogP contribution in [0.1, 0.15) is 18.4 Å². The molecule has 11 heteroatoms. The van der Waals surface area contributed by atoms with Gasteiger partial charge in [0.05, 0.1) is 18.3 Å². The summed E-state index contributed by atoms with van der Waals surface area (Å²) in [5.41, 5.74) is -0.795. The van der Waals surface area contributed by atoms with E-state index in [0.717, 1.165) is 21.6 Å². The van der Waals surface area contributed by atoms with E-state index < -0.39 is 28.1 Å². The molecule has 29 heavy (non-hydrogen) atoms. The Balaban J connectivity index is 1.54. The van der Waals surface area contributed by atoms with E-state index in [2.05, 4.69) is 19.0 Å². The van der Waals surface area contributed by atoms with Crippen LogP contribution in [0.2, 0.25) is 0 Å². The fourth-order valence-corrected chi connectivity index (χ4v) is 5.61. The molecule has 0 radical (unpaired) electrons. The van der Waals surface area contributed by atoms with Crippen molar-refractivity contribution in [2.45, 2.75) is 30.0 Å². The normalized spacial score (nSPS) is 20.6. The van der Waals surface area contributed by atoms with Crippen LogP contribution in [0, 0.1) is 0 Å². The fraction of sp³-hybridized carbons (Fsp3) is 0.333. The van der Waals surface area contributed by atoms with Crippen molar-refractivity contribution in [2.24, 2.45) is 0 Å². The number of amides is 1. The number of hydrogen-bond donors (Lipinski definition) is 1. The second-order valence-corrected chi connectivity index (χ2v) is 9.27. The van der Waals surface area contributed by atoms with E-state index in [-0.39, 0.29) is 36.3 Å². The number of fused-ring (bicyclic) bond motifs is 1. The van der Waals surface area contributed by atoms with Crippen molar-refractivity contribution in [1.82, 2.24) is 23.4 Å². The van der Waals surface area contributed by atoms with Crippen molar-refractivity contribution in [3.05, 3.63) is 48.3 Å². The maximum Gasteiger partial charge on any atom is 0.259 e. The molecule has 3 heterocycles. The molecule has 152 valence electrons. The number of carbonyl (C=O) groups is 1. The third-order valence-corrected chi connectivity index (χ3v) is 7.30. The molecule has 1 aliphatic heterocycles. The number of hydrogen-bond acceptors (Lipinski definition) is 7. The van der Waals surface area contributed by atoms with Crippen LogP contribution in [0.4, 0.5) is 4.39 Å². The summed E-state index contributed by atoms with van der Waals surface area (Å²) in [6.45, 7) is -0.255. The Hall–Kier alpha value is -2.50. The molecule has 0 spiro atoms. The molecule has 4 rings (SSSR count). The van der Waals surface area contributed by atoms with Crippen LogP contribution in [0.3, 0.4) is 0 Å². The summed E-state index contributed by atoms with van der Waals surface area (Å²) in [6.07, 6.45) is 3.36. The van der Waals surface area contributed by atoms with Crippen molar-refractivity contribution < 1.29 is 17.6 Å². The SMILES string of the molecule is O=C(NCc1ccncc1)C1(F)CCCN(S(=O)(=O)c2cccc3nsnc23)C1. The number of piperidine rings is 1. The number of carbonyl (C=O) groups excluding carboxylic acids is 1. The summed E-state index contributed by atoms with van der Waals surface area (Å²) >= 11 is 0.913. The van der Waals surface area contributed by atoms with Crippen LogP contribution < -0.4 is 5.32 Å². The third kappa shape index (κ3) is 3.85. The van der Waals surface area contributed by atoms with E-state index in [1.165, 1.54) is 6.07 Å². The van der Waals surface area contributed by atoms with Crippen molar-refractivity contribution >= 4 is 38.7 Å². The summed E-state index contributed by atoms with van der Waals surface area (Å²) < 4.78 is 50.9. The number of nitrogens with zero attached hydrogens (tertiary/aromatic N) is 4. The van der Waals surface area contributed by atoms with Gasteiger partial charge in [0.25, 0.3) is 5.91 Å². The molecule has 0 bridgehead atoms. The Bertz CT molecular complexity index is 1140. The molecule has 0 aliphatic carbocycles. The zero-order chi connectivity index (χ0) is 20.5. The number of nitrogens with one attached hydrogen (secondary N) is 1. The van der Waals surface area contributed by atoms with E-state index in [1.807, 2.05) is 0 Å². The fourth-order valence-electron chi connectivity index (χ4n) is 3.33. The molecule has 1 aliphatic rings. The van der Waals surface area contributed by atoms with Crippen LogP contribution in [0.25, 0.3) is 11.0 Å². The maximum absolute atomic E-state index is 15.5. The van der Waals surface area contributed by atoms with Gasteiger partial charge in [0.15, 0.2) is 0 Å². The topological polar surface area (TPSA) is 105 Å². The summed E-state index contributed by atoms with van der Waals surface area (Å²) in [7, 11) is -4.02. The maximum atomic E-state index is 15.5. The predicted molar refractivity (Wildman–Crippen MR) is 105 cm³/mol. The van der Waals surface area contributed by atoms with Gasteiger partial charge in [-0.3, -0.25) is 9.78 Å². The van der Waals surface area contributed by atoms with Crippen molar-refractivity contribution in [1.29, 1.82) is 0 Å². The molecule has 1 saturated heterocycles. The highest BCUT2D eigenvalue weighted by atomic mass is 32.2. The van der Waals surface area contributed by atoms with E-state index in [4.69, 9.17) is 0 Å². The molecular weight excluding hydrogens is 417 g/mol. The lowest BCUT2D eigenvalue weighted by molar-refractivity contribution is -0.135. The molecule has 1 aromatic carbocycles. The van der Waals surface area contributed by atoms with Gasteiger partial charge in [-0.05, 0) is 42.7 Å². The third-order valence-electron chi connectivity index (χ3n) is 4.88. The summed E-state index contributed by atoms with van der Waals surface area (Å²) in [5, 5.41) is 2.56. The Morgan fingerprint density at radius 3 is 2.83 bits per heavy atom. The number of halogens is 1. The van der Waals surface area contributed by atoms with Crippen LogP contribution >= 0.6 is 11.7 Å². The first-order valence-corrected chi connectivity index (χ1v) is 11.1. The van der Waals surface area contributed by atoms with Gasteiger partial charge in [0.2, 0.25) is 15.7 Å². The van der Waals surface area contributed by atoms with Gasteiger partial charge in [-0.25, -0.2) is 12.8 Å². The molecule has 1 unspecified atom stereocenters. The minimum absolute atomic E-state index is 0.0230. The van der Waals surface area contributed by atoms with Gasteiger partial charge >= 0.3 is 0 Å². The van der Waals surface area contributed by atoms with Gasteiger partial charge in [0.1, 0.15) is 15.9 Å². The van der Waals surface area contributed by atoms with Gasteiger partial charge < -0.3 is 5.32 Å². The summed E-state index contributed by atoms with van der Waals surface area (Å²) in [4.78, 5) is 16.4. The molecule has 3 aromatic rings. The first-order valence-electron chi connectivity index (χ1n) is 8.98.